The smallest absolute Gasteiger partial charge is 0.128 e. The van der Waals surface area contributed by atoms with E-state index in [0.717, 1.165) is 11.4 Å². The average molecular weight is 282 g/mol. The molecule has 0 saturated heterocycles. The van der Waals surface area contributed by atoms with Crippen molar-refractivity contribution in [2.24, 2.45) is 0 Å². The molecule has 0 radical (unpaired) electrons. The Hall–Kier alpha value is -1.33. The standard InChI is InChI=1S/C14H16F2N2S/c1-9-7-13(16)11(8-12(9)15)10(2)17-4-3-14-18-5-6-19-14/h5-8,10,17H,3-4H2,1-2H3. The molecule has 5 heteroatoms. The highest BCUT2D eigenvalue weighted by molar-refractivity contribution is 7.09. The zero-order valence-electron chi connectivity index (χ0n) is 10.9. The summed E-state index contributed by atoms with van der Waals surface area (Å²) in [5, 5.41) is 6.15. The molecule has 0 bridgehead atoms. The molecule has 0 aliphatic rings. The van der Waals surface area contributed by atoms with Gasteiger partial charge in [-0.05, 0) is 31.5 Å². The van der Waals surface area contributed by atoms with Gasteiger partial charge in [0.2, 0.25) is 0 Å². The first-order chi connectivity index (χ1) is 9.08. The minimum atomic E-state index is -0.370. The summed E-state index contributed by atoms with van der Waals surface area (Å²) in [6, 6.07) is 2.28. The lowest BCUT2D eigenvalue weighted by atomic mass is 10.0. The maximum absolute atomic E-state index is 13.8. The van der Waals surface area contributed by atoms with Crippen molar-refractivity contribution in [3.8, 4) is 0 Å². The van der Waals surface area contributed by atoms with E-state index in [2.05, 4.69) is 10.3 Å². The zero-order chi connectivity index (χ0) is 13.8. The van der Waals surface area contributed by atoms with Gasteiger partial charge in [0, 0.05) is 36.1 Å². The highest BCUT2D eigenvalue weighted by Gasteiger charge is 2.13. The fourth-order valence-corrected chi connectivity index (χ4v) is 2.50. The van der Waals surface area contributed by atoms with Gasteiger partial charge in [-0.3, -0.25) is 0 Å². The molecular formula is C14H16F2N2S. The molecule has 2 aromatic rings. The number of rotatable bonds is 5. The van der Waals surface area contributed by atoms with E-state index < -0.39 is 0 Å². The second-order valence-electron chi connectivity index (χ2n) is 4.47. The van der Waals surface area contributed by atoms with Crippen molar-refractivity contribution in [1.29, 1.82) is 0 Å². The van der Waals surface area contributed by atoms with E-state index >= 15 is 0 Å². The molecule has 0 fully saturated rings. The van der Waals surface area contributed by atoms with Gasteiger partial charge in [-0.2, -0.15) is 0 Å². The topological polar surface area (TPSA) is 24.9 Å². The Bertz CT molecular complexity index is 541. The first kappa shape index (κ1) is 14.1. The molecule has 0 amide bonds. The summed E-state index contributed by atoms with van der Waals surface area (Å²) in [5.74, 6) is -0.738. The molecule has 2 rings (SSSR count). The van der Waals surface area contributed by atoms with Crippen LogP contribution < -0.4 is 5.32 Å². The minimum absolute atomic E-state index is 0.227. The summed E-state index contributed by atoms with van der Waals surface area (Å²) in [5.41, 5.74) is 0.693. The Labute approximate surface area is 115 Å². The van der Waals surface area contributed by atoms with E-state index in [-0.39, 0.29) is 17.7 Å². The van der Waals surface area contributed by atoms with Crippen molar-refractivity contribution in [2.75, 3.05) is 6.54 Å². The average Bonchev–Trinajstić information content (AvgIpc) is 2.86. The van der Waals surface area contributed by atoms with Gasteiger partial charge in [0.05, 0.1) is 5.01 Å². The second-order valence-corrected chi connectivity index (χ2v) is 5.45. The third-order valence-electron chi connectivity index (χ3n) is 3.02. The van der Waals surface area contributed by atoms with Gasteiger partial charge in [0.15, 0.2) is 0 Å². The minimum Gasteiger partial charge on any atom is -0.310 e. The van der Waals surface area contributed by atoms with Crippen LogP contribution in [0.15, 0.2) is 23.7 Å². The maximum Gasteiger partial charge on any atom is 0.128 e. The number of hydrogen-bond donors (Lipinski definition) is 1. The third kappa shape index (κ3) is 3.58. The van der Waals surface area contributed by atoms with Crippen molar-refractivity contribution in [2.45, 2.75) is 26.3 Å². The molecule has 1 N–H and O–H groups in total. The van der Waals surface area contributed by atoms with Crippen LogP contribution in [0.1, 0.15) is 29.1 Å². The highest BCUT2D eigenvalue weighted by atomic mass is 32.1. The Morgan fingerprint density at radius 2 is 2.11 bits per heavy atom. The molecule has 2 nitrogen and oxygen atoms in total. The van der Waals surface area contributed by atoms with E-state index in [1.54, 1.807) is 24.5 Å². The summed E-state index contributed by atoms with van der Waals surface area (Å²) >= 11 is 1.59. The lowest BCUT2D eigenvalue weighted by Gasteiger charge is -2.15. The van der Waals surface area contributed by atoms with E-state index in [9.17, 15) is 8.78 Å². The molecule has 19 heavy (non-hydrogen) atoms. The van der Waals surface area contributed by atoms with Crippen LogP contribution >= 0.6 is 11.3 Å². The lowest BCUT2D eigenvalue weighted by molar-refractivity contribution is 0.518. The molecule has 1 aromatic carbocycles. The third-order valence-corrected chi connectivity index (χ3v) is 3.86. The predicted octanol–water partition coefficient (Wildman–Crippen LogP) is 3.62. The van der Waals surface area contributed by atoms with E-state index in [1.165, 1.54) is 12.1 Å². The van der Waals surface area contributed by atoms with Gasteiger partial charge in [0.25, 0.3) is 0 Å². The van der Waals surface area contributed by atoms with Crippen LogP contribution in [0.25, 0.3) is 0 Å². The molecule has 1 aromatic heterocycles. The largest absolute Gasteiger partial charge is 0.310 e. The quantitative estimate of drug-likeness (QED) is 0.906. The number of halogens is 2. The Morgan fingerprint density at radius 3 is 2.79 bits per heavy atom. The summed E-state index contributed by atoms with van der Waals surface area (Å²) in [6.07, 6.45) is 2.55. The second kappa shape index (κ2) is 6.21. The van der Waals surface area contributed by atoms with Gasteiger partial charge < -0.3 is 5.32 Å². The number of nitrogens with one attached hydrogen (secondary N) is 1. The van der Waals surface area contributed by atoms with Crippen LogP contribution in [0.2, 0.25) is 0 Å². The van der Waals surface area contributed by atoms with E-state index in [0.29, 0.717) is 17.7 Å². The first-order valence-electron chi connectivity index (χ1n) is 6.15. The predicted molar refractivity (Wildman–Crippen MR) is 73.3 cm³/mol. The molecule has 0 aliphatic carbocycles. The molecule has 1 heterocycles. The van der Waals surface area contributed by atoms with Crippen molar-refractivity contribution in [3.05, 3.63) is 51.5 Å². The van der Waals surface area contributed by atoms with Gasteiger partial charge in [-0.15, -0.1) is 11.3 Å². The Kier molecular flexibility index (Phi) is 4.61. The van der Waals surface area contributed by atoms with Crippen molar-refractivity contribution in [1.82, 2.24) is 10.3 Å². The van der Waals surface area contributed by atoms with Crippen molar-refractivity contribution >= 4 is 11.3 Å². The van der Waals surface area contributed by atoms with Crippen LogP contribution in [0, 0.1) is 18.6 Å². The molecule has 1 unspecified atom stereocenters. The summed E-state index contributed by atoms with van der Waals surface area (Å²) in [4.78, 5) is 4.17. The SMILES string of the molecule is Cc1cc(F)c(C(C)NCCc2nccs2)cc1F. The molecular weight excluding hydrogens is 266 g/mol. The van der Waals surface area contributed by atoms with Crippen LogP contribution in [0.4, 0.5) is 8.78 Å². The highest BCUT2D eigenvalue weighted by Crippen LogP contribution is 2.20. The fraction of sp³-hybridized carbons (Fsp3) is 0.357. The van der Waals surface area contributed by atoms with Crippen LogP contribution in [-0.2, 0) is 6.42 Å². The summed E-state index contributed by atoms with van der Waals surface area (Å²) < 4.78 is 27.2. The Balaban J connectivity index is 1.96. The maximum atomic E-state index is 13.8. The van der Waals surface area contributed by atoms with Crippen molar-refractivity contribution in [3.63, 3.8) is 0 Å². The normalized spacial score (nSPS) is 12.6. The number of benzene rings is 1. The number of hydrogen-bond acceptors (Lipinski definition) is 3. The number of aryl methyl sites for hydroxylation is 1. The lowest BCUT2D eigenvalue weighted by Crippen LogP contribution is -2.22. The fourth-order valence-electron chi connectivity index (χ4n) is 1.88. The number of aromatic nitrogens is 1. The monoisotopic (exact) mass is 282 g/mol. The molecule has 0 spiro atoms. The van der Waals surface area contributed by atoms with Gasteiger partial charge >= 0.3 is 0 Å². The van der Waals surface area contributed by atoms with Gasteiger partial charge in [-0.1, -0.05) is 0 Å². The molecule has 102 valence electrons. The molecule has 0 saturated carbocycles. The van der Waals surface area contributed by atoms with Crippen LogP contribution in [-0.4, -0.2) is 11.5 Å². The summed E-state index contributed by atoms with van der Waals surface area (Å²) in [6.45, 7) is 4.07. The first-order valence-corrected chi connectivity index (χ1v) is 7.03. The molecule has 0 aliphatic heterocycles. The summed E-state index contributed by atoms with van der Waals surface area (Å²) in [7, 11) is 0. The van der Waals surface area contributed by atoms with Crippen LogP contribution in [0.5, 0.6) is 0 Å². The number of nitrogens with zero attached hydrogens (tertiary/aromatic N) is 1. The van der Waals surface area contributed by atoms with Gasteiger partial charge in [-0.25, -0.2) is 13.8 Å². The van der Waals surface area contributed by atoms with Crippen molar-refractivity contribution < 1.29 is 8.78 Å². The van der Waals surface area contributed by atoms with E-state index in [4.69, 9.17) is 0 Å². The van der Waals surface area contributed by atoms with Gasteiger partial charge in [0.1, 0.15) is 11.6 Å². The Morgan fingerprint density at radius 1 is 1.32 bits per heavy atom. The zero-order valence-corrected chi connectivity index (χ0v) is 11.7. The number of thiazole rings is 1. The molecule has 1 atom stereocenters. The van der Waals surface area contributed by atoms with Crippen LogP contribution in [0.3, 0.4) is 0 Å². The van der Waals surface area contributed by atoms with E-state index in [1.807, 2.05) is 12.3 Å².